The van der Waals surface area contributed by atoms with E-state index in [4.69, 9.17) is 23.2 Å². The SMILES string of the molecule is CSc1ncc2c(=O)c(-c3c(Cl)cccc3Cl)cn(C)c2n1. The molecule has 3 aromatic rings. The largest absolute Gasteiger partial charge is 0.335 e. The molecule has 7 heteroatoms. The van der Waals surface area contributed by atoms with Gasteiger partial charge in [0, 0.05) is 30.6 Å². The van der Waals surface area contributed by atoms with Gasteiger partial charge >= 0.3 is 0 Å². The lowest BCUT2D eigenvalue weighted by molar-refractivity contribution is 0.889. The van der Waals surface area contributed by atoms with Crippen molar-refractivity contribution in [3.63, 3.8) is 0 Å². The number of halogens is 2. The van der Waals surface area contributed by atoms with Gasteiger partial charge in [0.2, 0.25) is 5.43 Å². The minimum atomic E-state index is -0.184. The number of aryl methyl sites for hydroxylation is 1. The molecule has 0 atom stereocenters. The summed E-state index contributed by atoms with van der Waals surface area (Å²) in [4.78, 5) is 21.3. The Morgan fingerprint density at radius 3 is 2.55 bits per heavy atom. The molecule has 0 amide bonds. The Balaban J connectivity index is 2.38. The number of fused-ring (bicyclic) bond motifs is 1. The first kappa shape index (κ1) is 15.3. The van der Waals surface area contributed by atoms with E-state index in [0.29, 0.717) is 37.4 Å². The monoisotopic (exact) mass is 351 g/mol. The zero-order valence-electron chi connectivity index (χ0n) is 11.8. The fourth-order valence-electron chi connectivity index (χ4n) is 2.28. The van der Waals surface area contributed by atoms with Crippen LogP contribution in [0.3, 0.4) is 0 Å². The van der Waals surface area contributed by atoms with E-state index in [1.165, 1.54) is 11.8 Å². The average molecular weight is 352 g/mol. The Kier molecular flexibility index (Phi) is 4.12. The second-order valence-electron chi connectivity index (χ2n) is 4.67. The highest BCUT2D eigenvalue weighted by Crippen LogP contribution is 2.33. The van der Waals surface area contributed by atoms with Crippen LogP contribution in [-0.4, -0.2) is 20.8 Å². The maximum atomic E-state index is 12.8. The lowest BCUT2D eigenvalue weighted by Gasteiger charge is -2.11. The summed E-state index contributed by atoms with van der Waals surface area (Å²) in [6, 6.07) is 5.16. The molecule has 2 heterocycles. The van der Waals surface area contributed by atoms with Gasteiger partial charge in [-0.3, -0.25) is 4.79 Å². The van der Waals surface area contributed by atoms with Crippen LogP contribution in [-0.2, 0) is 7.05 Å². The van der Waals surface area contributed by atoms with E-state index in [1.54, 1.807) is 35.2 Å². The topological polar surface area (TPSA) is 47.8 Å². The van der Waals surface area contributed by atoms with Gasteiger partial charge in [-0.15, -0.1) is 0 Å². The Labute approximate surface area is 141 Å². The molecule has 4 nitrogen and oxygen atoms in total. The van der Waals surface area contributed by atoms with Crippen molar-refractivity contribution in [2.75, 3.05) is 6.26 Å². The Morgan fingerprint density at radius 2 is 1.91 bits per heavy atom. The fraction of sp³-hybridized carbons (Fsp3) is 0.133. The summed E-state index contributed by atoms with van der Waals surface area (Å²) >= 11 is 13.9. The van der Waals surface area contributed by atoms with Gasteiger partial charge in [-0.2, -0.15) is 0 Å². The van der Waals surface area contributed by atoms with E-state index in [2.05, 4.69) is 9.97 Å². The molecule has 0 N–H and O–H groups in total. The number of hydrogen-bond donors (Lipinski definition) is 0. The highest BCUT2D eigenvalue weighted by atomic mass is 35.5. The second kappa shape index (κ2) is 5.91. The van der Waals surface area contributed by atoms with Gasteiger partial charge in [0.25, 0.3) is 0 Å². The van der Waals surface area contributed by atoms with Gasteiger partial charge in [0.15, 0.2) is 5.16 Å². The lowest BCUT2D eigenvalue weighted by Crippen LogP contribution is -2.12. The van der Waals surface area contributed by atoms with Gasteiger partial charge in [-0.1, -0.05) is 41.0 Å². The summed E-state index contributed by atoms with van der Waals surface area (Å²) in [7, 11) is 1.83. The van der Waals surface area contributed by atoms with Crippen molar-refractivity contribution in [3.8, 4) is 11.1 Å². The summed E-state index contributed by atoms with van der Waals surface area (Å²) in [5.41, 5.74) is 1.36. The molecule has 0 spiro atoms. The van der Waals surface area contributed by atoms with E-state index in [0.717, 1.165) is 0 Å². The van der Waals surface area contributed by atoms with E-state index in [9.17, 15) is 4.79 Å². The Morgan fingerprint density at radius 1 is 1.23 bits per heavy atom. The molecule has 0 radical (unpaired) electrons. The number of aromatic nitrogens is 3. The third-order valence-electron chi connectivity index (χ3n) is 3.31. The van der Waals surface area contributed by atoms with Gasteiger partial charge in [0.1, 0.15) is 5.65 Å². The van der Waals surface area contributed by atoms with Gasteiger partial charge in [0.05, 0.1) is 15.4 Å². The molecule has 0 aliphatic heterocycles. The van der Waals surface area contributed by atoms with Crippen molar-refractivity contribution >= 4 is 46.0 Å². The minimum absolute atomic E-state index is 0.184. The molecule has 0 unspecified atom stereocenters. The number of hydrogen-bond acceptors (Lipinski definition) is 4. The molecule has 2 aromatic heterocycles. The molecule has 3 rings (SSSR count). The minimum Gasteiger partial charge on any atom is -0.335 e. The number of benzene rings is 1. The molecule has 0 fully saturated rings. The molecule has 0 aliphatic carbocycles. The molecule has 0 saturated heterocycles. The number of pyridine rings is 1. The molecular weight excluding hydrogens is 341 g/mol. The molecule has 0 aliphatic rings. The van der Waals surface area contributed by atoms with Gasteiger partial charge in [-0.05, 0) is 18.4 Å². The van der Waals surface area contributed by atoms with E-state index >= 15 is 0 Å². The van der Waals surface area contributed by atoms with Gasteiger partial charge < -0.3 is 4.57 Å². The first-order chi connectivity index (χ1) is 10.5. The maximum absolute atomic E-state index is 12.8. The molecule has 0 bridgehead atoms. The predicted octanol–water partition coefficient (Wildman–Crippen LogP) is 4.02. The van der Waals surface area contributed by atoms with E-state index in [-0.39, 0.29) is 5.43 Å². The second-order valence-corrected chi connectivity index (χ2v) is 6.26. The number of thioether (sulfide) groups is 1. The standard InChI is InChI=1S/C15H11Cl2N3OS/c1-20-7-9(12-10(16)4-3-5-11(12)17)13(21)8-6-18-15(22-2)19-14(8)20/h3-7H,1-2H3. The normalized spacial score (nSPS) is 11.1. The Bertz CT molecular complexity index is 920. The average Bonchev–Trinajstić information content (AvgIpc) is 2.51. The van der Waals surface area contributed by atoms with E-state index in [1.807, 2.05) is 13.3 Å². The van der Waals surface area contributed by atoms with Crippen LogP contribution in [0, 0.1) is 0 Å². The van der Waals surface area contributed by atoms with Crippen molar-refractivity contribution in [2.24, 2.45) is 7.05 Å². The molecular formula is C15H11Cl2N3OS. The van der Waals surface area contributed by atoms with Crippen LogP contribution in [0.15, 0.2) is 40.5 Å². The highest BCUT2D eigenvalue weighted by molar-refractivity contribution is 7.98. The van der Waals surface area contributed by atoms with Crippen LogP contribution in [0.4, 0.5) is 0 Å². The summed E-state index contributed by atoms with van der Waals surface area (Å²) < 4.78 is 1.78. The lowest BCUT2D eigenvalue weighted by atomic mass is 10.1. The van der Waals surface area contributed by atoms with Crippen molar-refractivity contribution < 1.29 is 0 Å². The van der Waals surface area contributed by atoms with Crippen LogP contribution in [0.25, 0.3) is 22.2 Å². The molecule has 1 aromatic carbocycles. The quantitative estimate of drug-likeness (QED) is 0.516. The molecule has 22 heavy (non-hydrogen) atoms. The summed E-state index contributed by atoms with van der Waals surface area (Å²) in [5.74, 6) is 0. The van der Waals surface area contributed by atoms with Crippen LogP contribution in [0.2, 0.25) is 10.0 Å². The summed E-state index contributed by atoms with van der Waals surface area (Å²) in [6.45, 7) is 0. The third kappa shape index (κ3) is 2.49. The predicted molar refractivity (Wildman–Crippen MR) is 92.0 cm³/mol. The maximum Gasteiger partial charge on any atom is 0.200 e. The summed E-state index contributed by atoms with van der Waals surface area (Å²) in [6.07, 6.45) is 5.14. The van der Waals surface area contributed by atoms with E-state index < -0.39 is 0 Å². The highest BCUT2D eigenvalue weighted by Gasteiger charge is 2.16. The number of rotatable bonds is 2. The van der Waals surface area contributed by atoms with Crippen LogP contribution in [0.1, 0.15) is 0 Å². The summed E-state index contributed by atoms with van der Waals surface area (Å²) in [5, 5.41) is 1.93. The Hall–Kier alpha value is -1.56. The van der Waals surface area contributed by atoms with Crippen molar-refractivity contribution in [3.05, 3.63) is 50.9 Å². The zero-order valence-corrected chi connectivity index (χ0v) is 14.1. The van der Waals surface area contributed by atoms with Crippen molar-refractivity contribution in [2.45, 2.75) is 5.16 Å². The third-order valence-corrected chi connectivity index (χ3v) is 4.50. The first-order valence-electron chi connectivity index (χ1n) is 6.37. The van der Waals surface area contributed by atoms with Crippen LogP contribution < -0.4 is 5.43 Å². The zero-order chi connectivity index (χ0) is 15.9. The van der Waals surface area contributed by atoms with Crippen LogP contribution in [0.5, 0.6) is 0 Å². The van der Waals surface area contributed by atoms with Crippen molar-refractivity contribution in [1.29, 1.82) is 0 Å². The molecule has 0 saturated carbocycles. The first-order valence-corrected chi connectivity index (χ1v) is 8.35. The smallest absolute Gasteiger partial charge is 0.200 e. The van der Waals surface area contributed by atoms with Crippen LogP contribution >= 0.6 is 35.0 Å². The molecule has 112 valence electrons. The van der Waals surface area contributed by atoms with Gasteiger partial charge in [-0.25, -0.2) is 9.97 Å². The van der Waals surface area contributed by atoms with Crippen molar-refractivity contribution in [1.82, 2.24) is 14.5 Å². The fourth-order valence-corrected chi connectivity index (χ4v) is 3.21. The number of nitrogens with zero attached hydrogens (tertiary/aromatic N) is 3.